The summed E-state index contributed by atoms with van der Waals surface area (Å²) < 4.78 is 53.9. The molecule has 0 saturated carbocycles. The molecule has 0 saturated heterocycles. The monoisotopic (exact) mass is 1620 g/mol. The average Bonchev–Trinajstić information content (AvgIpc) is 2.83. The Kier molecular flexibility index (Phi) is 48.2. The second kappa shape index (κ2) is 48.1. The molecule has 0 bridgehead atoms. The van der Waals surface area contributed by atoms with Gasteiger partial charge in [-0.25, -0.2) is 0 Å². The van der Waals surface area contributed by atoms with E-state index >= 15 is 0 Å². The number of rotatable bonds is 15. The van der Waals surface area contributed by atoms with Gasteiger partial charge in [-0.1, -0.05) is 23.4 Å². The molecule has 6 aromatic carbocycles. The van der Waals surface area contributed by atoms with Crippen molar-refractivity contribution in [2.75, 3.05) is 36.7 Å². The number of aldehydes is 2. The molecule has 474 valence electrons. The Morgan fingerprint density at radius 1 is 0.618 bits per heavy atom. The summed E-state index contributed by atoms with van der Waals surface area (Å²) in [5.41, 5.74) is 14.3. The van der Waals surface area contributed by atoms with Crippen molar-refractivity contribution in [2.45, 2.75) is 74.4 Å². The van der Waals surface area contributed by atoms with Gasteiger partial charge in [0.05, 0.1) is 63.5 Å². The molecule has 0 aliphatic rings. The number of halogens is 5. The third-order valence-electron chi connectivity index (χ3n) is 11.9. The summed E-state index contributed by atoms with van der Waals surface area (Å²) >= 11 is 17.0. The van der Waals surface area contributed by atoms with E-state index in [1.807, 2.05) is 101 Å². The number of benzene rings is 6. The number of carbonyl (C=O) groups is 3. The SMILES string of the molecule is BrCc1cc(Br)c2occc2c1.C.CCO.CS/C(=C\c1cc(C)c(C)cc1OCc1cc(Br)c2occc2c1)S(C)=O.CSCS(C)=O.Cc1cc(C=O)c(OCc2cc(Br)c3occc3c2)cc1C.Cc1cc(O)c(C=O)cc1C.Cl.O=CO[O-].[H-].[K+].[K+]. The fraction of sp³-hybridized carbons (Fsp3) is 0.266. The fourth-order valence-corrected chi connectivity index (χ4v) is 12.4. The minimum atomic E-state index is -1.03. The molecule has 9 aromatic rings. The fourth-order valence-electron chi connectivity index (χ4n) is 7.40. The molecule has 3 heterocycles. The molecule has 0 amide bonds. The summed E-state index contributed by atoms with van der Waals surface area (Å²) in [6, 6.07) is 29.2. The van der Waals surface area contributed by atoms with Crippen molar-refractivity contribution >= 4 is 179 Å². The number of aromatic hydroxyl groups is 1. The van der Waals surface area contributed by atoms with Crippen LogP contribution < -0.4 is 118 Å². The van der Waals surface area contributed by atoms with Gasteiger partial charge in [0, 0.05) is 57.0 Å². The third kappa shape index (κ3) is 30.3. The number of thioether (sulfide) groups is 2. The molecular formula is C64H73Br4ClK2O14S4. The number of alkyl halides is 1. The summed E-state index contributed by atoms with van der Waals surface area (Å²) in [5.74, 6) is 1.46. The molecule has 2 N–H and O–H groups in total. The van der Waals surface area contributed by atoms with Gasteiger partial charge in [-0.15, -0.1) is 24.2 Å². The summed E-state index contributed by atoms with van der Waals surface area (Å²) in [7, 11) is -1.63. The van der Waals surface area contributed by atoms with Crippen molar-refractivity contribution in [2.24, 2.45) is 0 Å². The van der Waals surface area contributed by atoms with E-state index in [9.17, 15) is 23.1 Å². The molecule has 0 spiro atoms. The van der Waals surface area contributed by atoms with Gasteiger partial charge in [-0.3, -0.25) is 22.8 Å². The summed E-state index contributed by atoms with van der Waals surface area (Å²) in [6.07, 6.45) is 15.8. The van der Waals surface area contributed by atoms with Gasteiger partial charge in [0.25, 0.3) is 6.47 Å². The largest absolute Gasteiger partial charge is 1.00 e. The van der Waals surface area contributed by atoms with Crippen LogP contribution in [0.25, 0.3) is 39.0 Å². The van der Waals surface area contributed by atoms with Crippen molar-refractivity contribution in [3.63, 3.8) is 0 Å². The van der Waals surface area contributed by atoms with E-state index in [0.717, 1.165) is 118 Å². The van der Waals surface area contributed by atoms with Crippen LogP contribution in [0.2, 0.25) is 0 Å². The molecule has 2 unspecified atom stereocenters. The Morgan fingerprint density at radius 2 is 0.966 bits per heavy atom. The molecule has 14 nitrogen and oxygen atoms in total. The standard InChI is InChI=1S/C21H21BrO3S2.C18H15BrO3.C9H6Br2O.C9H10O2.C3H8OS2.C2H6O.CH2O3.CH4.ClH.2K.H/c1-13-7-17(11-20(26-3)27(4)23)19(8-14(13)2)25-12-15-9-16-5-6-24-21(16)18(22)10-15;1-11-5-15(9-20)17(6-12(11)2)22-10-13-7-14-3-4-21-18(14)16(19)8-13;10-5-6-3-7-1-2-12-9(7)8(11)4-6;1-6-3-8(5-10)9(11)4-7(6)2;1-5-3-6(2)4;1-2-3;2-1-4-3;;;;;/h5-11H,12H2,1-4H3;3-9H,10H2,1-2H3;1-4H,5H2;3-5,11H,1-2H3;3H2,1-2H3;3H,2H2,1H3;1,3H;1H4;1H;;;/q;;;;;;;;;2*+1;-1/p-1/b20-11+;;;;;;;;;;;. The van der Waals surface area contributed by atoms with E-state index in [-0.39, 0.29) is 143 Å². The Labute approximate surface area is 662 Å². The number of aliphatic hydroxyl groups is 1. The molecule has 0 aliphatic heterocycles. The van der Waals surface area contributed by atoms with Crippen LogP contribution in [0.3, 0.4) is 0 Å². The van der Waals surface area contributed by atoms with E-state index in [1.165, 1.54) is 22.9 Å². The van der Waals surface area contributed by atoms with Gasteiger partial charge in [-0.2, -0.15) is 11.8 Å². The van der Waals surface area contributed by atoms with E-state index in [1.54, 1.807) is 62.1 Å². The second-order valence-electron chi connectivity index (χ2n) is 18.3. The van der Waals surface area contributed by atoms with Crippen LogP contribution in [0.15, 0.2) is 141 Å². The zero-order chi connectivity index (χ0) is 63.3. The van der Waals surface area contributed by atoms with Crippen LogP contribution in [-0.2, 0) is 49.8 Å². The number of aryl methyl sites for hydroxylation is 6. The minimum Gasteiger partial charge on any atom is -1.00 e. The molecule has 0 fully saturated rings. The van der Waals surface area contributed by atoms with Crippen LogP contribution in [0.4, 0.5) is 0 Å². The normalized spacial score (nSPS) is 10.7. The molecular weight excluding hydrogens is 1550 g/mol. The van der Waals surface area contributed by atoms with Gasteiger partial charge >= 0.3 is 103 Å². The zero-order valence-electron chi connectivity index (χ0n) is 52.1. The van der Waals surface area contributed by atoms with Gasteiger partial charge in [0.2, 0.25) is 0 Å². The average molecular weight is 1630 g/mol. The van der Waals surface area contributed by atoms with Crippen LogP contribution in [0.5, 0.6) is 17.2 Å². The molecule has 89 heavy (non-hydrogen) atoms. The Bertz CT molecular complexity index is 3730. The number of ether oxygens (including phenoxy) is 2. The number of phenols is 1. The maximum atomic E-state index is 11.9. The maximum absolute atomic E-state index is 11.9. The second-order valence-corrected chi connectivity index (χ2v) is 26.5. The predicted octanol–water partition coefficient (Wildman–Crippen LogP) is 11.8. The predicted molar refractivity (Wildman–Crippen MR) is 376 cm³/mol. The quantitative estimate of drug-likeness (QED) is 0.0321. The van der Waals surface area contributed by atoms with Crippen molar-refractivity contribution in [1.82, 2.24) is 0 Å². The van der Waals surface area contributed by atoms with E-state index in [0.29, 0.717) is 36.4 Å². The molecule has 3 aromatic heterocycles. The number of phenolic OH excluding ortho intramolecular Hbond substituents is 1. The summed E-state index contributed by atoms with van der Waals surface area (Å²) in [4.78, 5) is 32.8. The van der Waals surface area contributed by atoms with Crippen molar-refractivity contribution in [3.05, 3.63) is 194 Å². The molecule has 9 rings (SSSR count). The maximum Gasteiger partial charge on any atom is 1.00 e. The van der Waals surface area contributed by atoms with E-state index in [2.05, 4.69) is 107 Å². The first-order valence-electron chi connectivity index (χ1n) is 25.5. The van der Waals surface area contributed by atoms with Crippen LogP contribution in [0.1, 0.15) is 92.1 Å². The number of aliphatic hydroxyl groups excluding tert-OH is 1. The number of fused-ring (bicyclic) bond motifs is 3. The Morgan fingerprint density at radius 3 is 1.30 bits per heavy atom. The van der Waals surface area contributed by atoms with Gasteiger partial charge in [0.1, 0.15) is 47.2 Å². The number of carbonyl (C=O) groups excluding carboxylic acids is 3. The zero-order valence-corrected chi connectivity index (χ0v) is 67.8. The van der Waals surface area contributed by atoms with Crippen molar-refractivity contribution in [3.8, 4) is 17.2 Å². The van der Waals surface area contributed by atoms with E-state index < -0.39 is 21.6 Å². The molecule has 25 heteroatoms. The first-order valence-corrected chi connectivity index (χ1v) is 34.9. The van der Waals surface area contributed by atoms with Gasteiger partial charge in [0.15, 0.2) is 12.6 Å². The minimum absolute atomic E-state index is 0. The molecule has 2 atom stereocenters. The number of furan rings is 3. The van der Waals surface area contributed by atoms with Crippen molar-refractivity contribution in [1.29, 1.82) is 0 Å². The molecule has 0 radical (unpaired) electrons. The van der Waals surface area contributed by atoms with Gasteiger partial charge < -0.3 is 44.5 Å². The first kappa shape index (κ1) is 89.4. The van der Waals surface area contributed by atoms with Crippen LogP contribution in [-0.4, -0.2) is 74.4 Å². The smallest absolute Gasteiger partial charge is 1.00 e. The third-order valence-corrected chi connectivity index (χ3v) is 19.0. The number of hydrogen-bond acceptors (Lipinski definition) is 16. The first-order chi connectivity index (χ1) is 40.5. The van der Waals surface area contributed by atoms with Gasteiger partial charge in [-0.05, 0) is 256 Å². The Hall–Kier alpha value is -1.71. The number of hydrogen-bond donors (Lipinski definition) is 2. The van der Waals surface area contributed by atoms with E-state index in [4.69, 9.17) is 37.9 Å². The van der Waals surface area contributed by atoms with Crippen molar-refractivity contribution < 1.29 is 170 Å². The molecule has 0 aliphatic carbocycles. The van der Waals surface area contributed by atoms with Crippen LogP contribution >= 0.6 is 99.7 Å². The summed E-state index contributed by atoms with van der Waals surface area (Å²) in [5, 5.41) is 30.0. The van der Waals surface area contributed by atoms with Crippen LogP contribution in [0, 0.1) is 41.5 Å². The Balaban J connectivity index is -0.00000108. The topological polar surface area (TPSA) is 216 Å². The summed E-state index contributed by atoms with van der Waals surface area (Å²) in [6.45, 7) is 14.5.